The van der Waals surface area contributed by atoms with Crippen molar-refractivity contribution in [3.05, 3.63) is 76.1 Å². The Kier molecular flexibility index (Phi) is 5.24. The van der Waals surface area contributed by atoms with E-state index in [9.17, 15) is 9.59 Å². The molecule has 6 heteroatoms. The first kappa shape index (κ1) is 19.4. The standard InChI is InChI=1S/C23H22ClN3O2/c1-14-12-15(2)27(26-14)13-16-6-8-17(9-7-16)18-4-3-5-19(22(18)24)20-10-11-21(28)25-23(20)29/h3-9,12,20H,10-11,13H2,1-2H3,(H,25,28,29). The van der Waals surface area contributed by atoms with Gasteiger partial charge in [-0.1, -0.05) is 54.1 Å². The third kappa shape index (κ3) is 3.96. The van der Waals surface area contributed by atoms with Gasteiger partial charge in [-0.05, 0) is 43.0 Å². The third-order valence-electron chi connectivity index (χ3n) is 5.34. The molecule has 1 N–H and O–H groups in total. The molecule has 1 unspecified atom stereocenters. The molecule has 0 saturated carbocycles. The number of nitrogens with zero attached hydrogens (tertiary/aromatic N) is 2. The lowest BCUT2D eigenvalue weighted by atomic mass is 9.88. The van der Waals surface area contributed by atoms with Gasteiger partial charge in [-0.2, -0.15) is 5.10 Å². The highest BCUT2D eigenvalue weighted by Crippen LogP contribution is 2.37. The number of hydrogen-bond donors (Lipinski definition) is 1. The highest BCUT2D eigenvalue weighted by Gasteiger charge is 2.30. The van der Waals surface area contributed by atoms with Gasteiger partial charge in [-0.25, -0.2) is 0 Å². The maximum absolute atomic E-state index is 12.3. The number of carbonyl (C=O) groups excluding carboxylic acids is 2. The molecule has 1 atom stereocenters. The summed E-state index contributed by atoms with van der Waals surface area (Å²) in [5, 5.41) is 7.48. The Bertz CT molecular complexity index is 1090. The zero-order valence-corrected chi connectivity index (χ0v) is 17.2. The average molecular weight is 408 g/mol. The van der Waals surface area contributed by atoms with Gasteiger partial charge < -0.3 is 0 Å². The summed E-state index contributed by atoms with van der Waals surface area (Å²) in [6.45, 7) is 4.75. The molecular formula is C23H22ClN3O2. The lowest BCUT2D eigenvalue weighted by Crippen LogP contribution is -2.39. The van der Waals surface area contributed by atoms with Gasteiger partial charge in [0.05, 0.1) is 23.2 Å². The first-order valence-electron chi connectivity index (χ1n) is 9.65. The number of nitrogens with one attached hydrogen (secondary N) is 1. The summed E-state index contributed by atoms with van der Waals surface area (Å²) in [6.07, 6.45) is 0.813. The van der Waals surface area contributed by atoms with Crippen LogP contribution in [0.2, 0.25) is 5.02 Å². The molecule has 0 radical (unpaired) electrons. The van der Waals surface area contributed by atoms with E-state index in [2.05, 4.69) is 35.5 Å². The molecule has 2 heterocycles. The normalized spacial score (nSPS) is 16.7. The van der Waals surface area contributed by atoms with Crippen LogP contribution in [0.3, 0.4) is 0 Å². The Hall–Kier alpha value is -2.92. The van der Waals surface area contributed by atoms with E-state index in [0.717, 1.165) is 33.6 Å². The van der Waals surface area contributed by atoms with Gasteiger partial charge in [-0.15, -0.1) is 0 Å². The first-order valence-corrected chi connectivity index (χ1v) is 10.0. The van der Waals surface area contributed by atoms with Gasteiger partial charge in [0.1, 0.15) is 0 Å². The van der Waals surface area contributed by atoms with E-state index >= 15 is 0 Å². The minimum Gasteiger partial charge on any atom is -0.296 e. The predicted octanol–water partition coefficient (Wildman–Crippen LogP) is 4.39. The van der Waals surface area contributed by atoms with Crippen molar-refractivity contribution in [3.8, 4) is 11.1 Å². The summed E-state index contributed by atoms with van der Waals surface area (Å²) >= 11 is 6.69. The number of aromatic nitrogens is 2. The van der Waals surface area contributed by atoms with E-state index in [4.69, 9.17) is 11.6 Å². The van der Waals surface area contributed by atoms with Crippen molar-refractivity contribution >= 4 is 23.4 Å². The van der Waals surface area contributed by atoms with Crippen molar-refractivity contribution in [3.63, 3.8) is 0 Å². The fourth-order valence-electron chi connectivity index (χ4n) is 3.83. The molecule has 0 spiro atoms. The van der Waals surface area contributed by atoms with Crippen LogP contribution in [-0.2, 0) is 16.1 Å². The van der Waals surface area contributed by atoms with Crippen LogP contribution in [0.1, 0.15) is 41.3 Å². The van der Waals surface area contributed by atoms with Crippen LogP contribution in [0.15, 0.2) is 48.5 Å². The zero-order chi connectivity index (χ0) is 20.5. The molecule has 1 saturated heterocycles. The fraction of sp³-hybridized carbons (Fsp3) is 0.261. The van der Waals surface area contributed by atoms with Crippen LogP contribution >= 0.6 is 11.6 Å². The summed E-state index contributed by atoms with van der Waals surface area (Å²) < 4.78 is 1.99. The molecule has 2 amide bonds. The van der Waals surface area contributed by atoms with Crippen molar-refractivity contribution in [2.24, 2.45) is 0 Å². The van der Waals surface area contributed by atoms with Crippen molar-refractivity contribution in [2.75, 3.05) is 0 Å². The van der Waals surface area contributed by atoms with Crippen LogP contribution in [0.25, 0.3) is 11.1 Å². The number of halogens is 1. The monoisotopic (exact) mass is 407 g/mol. The molecule has 0 aliphatic carbocycles. The smallest absolute Gasteiger partial charge is 0.234 e. The Morgan fingerprint density at radius 2 is 1.90 bits per heavy atom. The molecule has 1 fully saturated rings. The molecular weight excluding hydrogens is 386 g/mol. The Morgan fingerprint density at radius 1 is 1.14 bits per heavy atom. The molecule has 148 valence electrons. The van der Waals surface area contributed by atoms with Gasteiger partial charge >= 0.3 is 0 Å². The average Bonchev–Trinajstić information content (AvgIpc) is 3.00. The Balaban J connectivity index is 1.59. The minimum absolute atomic E-state index is 0.225. The number of imide groups is 1. The highest BCUT2D eigenvalue weighted by atomic mass is 35.5. The summed E-state index contributed by atoms with van der Waals surface area (Å²) in [6, 6.07) is 16.0. The summed E-state index contributed by atoms with van der Waals surface area (Å²) in [5.74, 6) is -0.900. The zero-order valence-electron chi connectivity index (χ0n) is 16.4. The predicted molar refractivity (Wildman–Crippen MR) is 113 cm³/mol. The van der Waals surface area contributed by atoms with Crippen molar-refractivity contribution in [2.45, 2.75) is 39.2 Å². The van der Waals surface area contributed by atoms with Crippen molar-refractivity contribution in [1.29, 1.82) is 0 Å². The minimum atomic E-state index is -0.398. The van der Waals surface area contributed by atoms with Gasteiger partial charge in [-0.3, -0.25) is 19.6 Å². The largest absolute Gasteiger partial charge is 0.296 e. The molecule has 1 aliphatic rings. The summed E-state index contributed by atoms with van der Waals surface area (Å²) in [4.78, 5) is 23.7. The van der Waals surface area contributed by atoms with E-state index in [1.807, 2.05) is 41.9 Å². The number of benzene rings is 2. The quantitative estimate of drug-likeness (QED) is 0.652. The molecule has 3 aromatic rings. The second-order valence-corrected chi connectivity index (χ2v) is 7.87. The highest BCUT2D eigenvalue weighted by molar-refractivity contribution is 6.34. The SMILES string of the molecule is Cc1cc(C)n(Cc2ccc(-c3cccc(C4CCC(=O)NC4=O)c3Cl)cc2)n1. The second kappa shape index (κ2) is 7.84. The van der Waals surface area contributed by atoms with Crippen LogP contribution in [-0.4, -0.2) is 21.6 Å². The number of carbonyl (C=O) groups is 2. The Morgan fingerprint density at radius 3 is 2.55 bits per heavy atom. The van der Waals surface area contributed by atoms with E-state index in [0.29, 0.717) is 24.4 Å². The van der Waals surface area contributed by atoms with Crippen LogP contribution in [0.4, 0.5) is 0 Å². The van der Waals surface area contributed by atoms with Gasteiger partial charge in [0.15, 0.2) is 0 Å². The molecule has 1 aromatic heterocycles. The Labute approximate surface area is 174 Å². The second-order valence-electron chi connectivity index (χ2n) is 7.49. The van der Waals surface area contributed by atoms with E-state index < -0.39 is 5.92 Å². The van der Waals surface area contributed by atoms with Crippen molar-refractivity contribution in [1.82, 2.24) is 15.1 Å². The van der Waals surface area contributed by atoms with E-state index in [1.165, 1.54) is 0 Å². The summed E-state index contributed by atoms with van der Waals surface area (Å²) in [7, 11) is 0. The number of rotatable bonds is 4. The molecule has 2 aromatic carbocycles. The topological polar surface area (TPSA) is 64.0 Å². The van der Waals surface area contributed by atoms with Gasteiger partial charge in [0.2, 0.25) is 11.8 Å². The van der Waals surface area contributed by atoms with E-state index in [1.54, 1.807) is 0 Å². The maximum Gasteiger partial charge on any atom is 0.234 e. The molecule has 4 rings (SSSR count). The molecule has 0 bridgehead atoms. The van der Waals surface area contributed by atoms with Crippen LogP contribution in [0, 0.1) is 13.8 Å². The molecule has 1 aliphatic heterocycles. The lowest BCUT2D eigenvalue weighted by Gasteiger charge is -2.23. The van der Waals surface area contributed by atoms with Crippen LogP contribution in [0.5, 0.6) is 0 Å². The van der Waals surface area contributed by atoms with Gasteiger partial charge in [0, 0.05) is 17.7 Å². The molecule has 5 nitrogen and oxygen atoms in total. The van der Waals surface area contributed by atoms with E-state index in [-0.39, 0.29) is 11.8 Å². The number of piperidine rings is 1. The van der Waals surface area contributed by atoms with Crippen LogP contribution < -0.4 is 5.32 Å². The molecule has 29 heavy (non-hydrogen) atoms. The first-order chi connectivity index (χ1) is 13.9. The van der Waals surface area contributed by atoms with Gasteiger partial charge in [0.25, 0.3) is 0 Å². The fourth-order valence-corrected chi connectivity index (χ4v) is 4.20. The number of amides is 2. The number of hydrogen-bond acceptors (Lipinski definition) is 3. The number of aryl methyl sites for hydroxylation is 2. The van der Waals surface area contributed by atoms with Crippen molar-refractivity contribution < 1.29 is 9.59 Å². The maximum atomic E-state index is 12.3. The summed E-state index contributed by atoms with van der Waals surface area (Å²) in [5.41, 5.74) is 5.92. The third-order valence-corrected chi connectivity index (χ3v) is 5.77. The lowest BCUT2D eigenvalue weighted by molar-refractivity contribution is -0.134.